The van der Waals surface area contributed by atoms with Crippen LogP contribution in [0.1, 0.15) is 27.2 Å². The van der Waals surface area contributed by atoms with Crippen LogP contribution in [0.2, 0.25) is 10.0 Å². The van der Waals surface area contributed by atoms with Crippen LogP contribution in [0.3, 0.4) is 0 Å². The Labute approximate surface area is 158 Å². The zero-order valence-electron chi connectivity index (χ0n) is 13.1. The molecule has 0 spiro atoms. The van der Waals surface area contributed by atoms with Gasteiger partial charge in [0.15, 0.2) is 0 Å². The normalized spacial score (nSPS) is 10.7. The predicted octanol–water partition coefficient (Wildman–Crippen LogP) is 5.27. The van der Waals surface area contributed by atoms with E-state index < -0.39 is 5.97 Å². The van der Waals surface area contributed by atoms with Gasteiger partial charge in [0, 0.05) is 27.4 Å². The number of ether oxygens (including phenoxy) is 1. The fraction of sp³-hybridized carbons (Fsp3) is 0.111. The van der Waals surface area contributed by atoms with Gasteiger partial charge in [0.25, 0.3) is 0 Å². The van der Waals surface area contributed by atoms with Gasteiger partial charge in [0.05, 0.1) is 11.3 Å². The first-order chi connectivity index (χ1) is 11.9. The summed E-state index contributed by atoms with van der Waals surface area (Å²) in [5, 5.41) is 12.7. The molecule has 0 unspecified atom stereocenters. The molecule has 0 saturated carbocycles. The highest BCUT2D eigenvalue weighted by atomic mass is 35.5. The van der Waals surface area contributed by atoms with Crippen molar-refractivity contribution in [2.75, 3.05) is 0 Å². The molecule has 0 amide bonds. The van der Waals surface area contributed by atoms with Crippen molar-refractivity contribution in [3.05, 3.63) is 74.2 Å². The Morgan fingerprint density at radius 3 is 2.52 bits per heavy atom. The maximum atomic E-state index is 12.3. The molecule has 0 aliphatic carbocycles. The maximum Gasteiger partial charge on any atom is 0.346 e. The zero-order valence-corrected chi connectivity index (χ0v) is 15.5. The number of hydrogen-bond donors (Lipinski definition) is 1. The molecule has 0 fully saturated rings. The van der Waals surface area contributed by atoms with Crippen LogP contribution in [0.5, 0.6) is 11.5 Å². The third-order valence-corrected chi connectivity index (χ3v) is 4.81. The van der Waals surface area contributed by atoms with E-state index >= 15 is 0 Å². The van der Waals surface area contributed by atoms with E-state index in [2.05, 4.69) is 4.37 Å². The van der Waals surface area contributed by atoms with Crippen LogP contribution in [-0.4, -0.2) is 15.4 Å². The molecule has 128 valence electrons. The smallest absolute Gasteiger partial charge is 0.346 e. The summed E-state index contributed by atoms with van der Waals surface area (Å²) in [6.07, 6.45) is 0.316. The van der Waals surface area contributed by atoms with Gasteiger partial charge in [-0.2, -0.15) is 4.37 Å². The quantitative estimate of drug-likeness (QED) is 0.484. The van der Waals surface area contributed by atoms with Crippen molar-refractivity contribution in [3.8, 4) is 11.5 Å². The third-order valence-electron chi connectivity index (χ3n) is 3.62. The SMILES string of the molecule is Cc1nscc1C(=O)Oc1ccc(Cl)cc1Cc1cc(Cl)ccc1O. The van der Waals surface area contributed by atoms with Crippen LogP contribution < -0.4 is 4.74 Å². The monoisotopic (exact) mass is 393 g/mol. The van der Waals surface area contributed by atoms with Crippen LogP contribution in [0.4, 0.5) is 0 Å². The van der Waals surface area contributed by atoms with E-state index in [0.29, 0.717) is 44.6 Å². The number of benzene rings is 2. The average Bonchev–Trinajstić information content (AvgIpc) is 2.99. The molecule has 3 rings (SSSR count). The molecule has 0 radical (unpaired) electrons. The summed E-state index contributed by atoms with van der Waals surface area (Å²) in [6, 6.07) is 9.76. The summed E-state index contributed by atoms with van der Waals surface area (Å²) < 4.78 is 9.60. The van der Waals surface area contributed by atoms with Gasteiger partial charge >= 0.3 is 5.97 Å². The lowest BCUT2D eigenvalue weighted by molar-refractivity contribution is 0.0733. The number of aryl methyl sites for hydroxylation is 1. The number of carbonyl (C=O) groups is 1. The summed E-state index contributed by atoms with van der Waals surface area (Å²) in [4.78, 5) is 12.3. The maximum absolute atomic E-state index is 12.3. The number of esters is 1. The molecule has 25 heavy (non-hydrogen) atoms. The number of rotatable bonds is 4. The van der Waals surface area contributed by atoms with E-state index in [1.807, 2.05) is 0 Å². The van der Waals surface area contributed by atoms with Crippen molar-refractivity contribution < 1.29 is 14.6 Å². The summed E-state index contributed by atoms with van der Waals surface area (Å²) in [6.45, 7) is 1.75. The minimum absolute atomic E-state index is 0.111. The molecular formula is C18H13Cl2NO3S. The van der Waals surface area contributed by atoms with Gasteiger partial charge in [-0.3, -0.25) is 0 Å². The second-order valence-corrected chi connectivity index (χ2v) is 6.91. The Morgan fingerprint density at radius 2 is 1.84 bits per heavy atom. The molecule has 0 aliphatic heterocycles. The second-order valence-electron chi connectivity index (χ2n) is 5.41. The standard InChI is InChI=1S/C18H13Cl2NO3S/c1-10-15(9-25-21-10)18(23)24-17-5-3-14(20)8-12(17)6-11-7-13(19)2-4-16(11)22/h2-5,7-9,22H,6H2,1H3. The largest absolute Gasteiger partial charge is 0.508 e. The van der Waals surface area contributed by atoms with Crippen LogP contribution in [0.15, 0.2) is 41.8 Å². The van der Waals surface area contributed by atoms with Crippen molar-refractivity contribution in [2.45, 2.75) is 13.3 Å². The number of halogens is 2. The molecule has 0 bridgehead atoms. The lowest BCUT2D eigenvalue weighted by Crippen LogP contribution is -2.10. The third kappa shape index (κ3) is 4.12. The Bertz CT molecular complexity index is 940. The molecule has 0 aliphatic rings. The Kier molecular flexibility index (Phi) is 5.27. The fourth-order valence-electron chi connectivity index (χ4n) is 2.33. The number of phenols is 1. The molecule has 1 N–H and O–H groups in total. The Morgan fingerprint density at radius 1 is 1.16 bits per heavy atom. The summed E-state index contributed by atoms with van der Waals surface area (Å²) in [7, 11) is 0. The summed E-state index contributed by atoms with van der Waals surface area (Å²) >= 11 is 13.3. The van der Waals surface area contributed by atoms with Crippen molar-refractivity contribution in [1.82, 2.24) is 4.37 Å². The highest BCUT2D eigenvalue weighted by Gasteiger charge is 2.17. The van der Waals surface area contributed by atoms with E-state index in [9.17, 15) is 9.90 Å². The summed E-state index contributed by atoms with van der Waals surface area (Å²) in [5.74, 6) is 0.00375. The minimum atomic E-state index is -0.481. The van der Waals surface area contributed by atoms with E-state index in [1.54, 1.807) is 42.6 Å². The molecule has 0 saturated heterocycles. The highest BCUT2D eigenvalue weighted by Crippen LogP contribution is 2.30. The van der Waals surface area contributed by atoms with Gasteiger partial charge in [-0.05, 0) is 60.4 Å². The van der Waals surface area contributed by atoms with E-state index in [4.69, 9.17) is 27.9 Å². The number of nitrogens with zero attached hydrogens (tertiary/aromatic N) is 1. The number of hydrogen-bond acceptors (Lipinski definition) is 5. The van der Waals surface area contributed by atoms with Crippen LogP contribution in [0.25, 0.3) is 0 Å². The lowest BCUT2D eigenvalue weighted by Gasteiger charge is -2.12. The first-order valence-corrected chi connectivity index (χ1v) is 8.92. The fourth-order valence-corrected chi connectivity index (χ4v) is 3.40. The molecular weight excluding hydrogens is 381 g/mol. The Hall–Kier alpha value is -2.08. The number of carbonyl (C=O) groups excluding carboxylic acids is 1. The van der Waals surface area contributed by atoms with Crippen molar-refractivity contribution >= 4 is 40.7 Å². The number of aromatic nitrogens is 1. The highest BCUT2D eigenvalue weighted by molar-refractivity contribution is 7.03. The molecule has 2 aromatic carbocycles. The molecule has 0 atom stereocenters. The van der Waals surface area contributed by atoms with Gasteiger partial charge in [0.1, 0.15) is 11.5 Å². The van der Waals surface area contributed by atoms with Gasteiger partial charge < -0.3 is 9.84 Å². The van der Waals surface area contributed by atoms with E-state index in [-0.39, 0.29) is 5.75 Å². The summed E-state index contributed by atoms with van der Waals surface area (Å²) in [5.41, 5.74) is 2.33. The predicted molar refractivity (Wildman–Crippen MR) is 99.2 cm³/mol. The lowest BCUT2D eigenvalue weighted by atomic mass is 10.0. The topological polar surface area (TPSA) is 59.4 Å². The molecule has 4 nitrogen and oxygen atoms in total. The molecule has 1 heterocycles. The second kappa shape index (κ2) is 7.44. The zero-order chi connectivity index (χ0) is 18.0. The molecule has 7 heteroatoms. The van der Waals surface area contributed by atoms with E-state index in [1.165, 1.54) is 17.6 Å². The van der Waals surface area contributed by atoms with Crippen molar-refractivity contribution in [3.63, 3.8) is 0 Å². The van der Waals surface area contributed by atoms with Crippen molar-refractivity contribution in [2.24, 2.45) is 0 Å². The average molecular weight is 394 g/mol. The van der Waals surface area contributed by atoms with Crippen LogP contribution in [0, 0.1) is 6.92 Å². The van der Waals surface area contributed by atoms with Gasteiger partial charge in [-0.1, -0.05) is 23.2 Å². The van der Waals surface area contributed by atoms with Crippen LogP contribution in [-0.2, 0) is 6.42 Å². The van der Waals surface area contributed by atoms with Crippen molar-refractivity contribution in [1.29, 1.82) is 0 Å². The van der Waals surface area contributed by atoms with Gasteiger partial charge in [-0.15, -0.1) is 0 Å². The van der Waals surface area contributed by atoms with Gasteiger partial charge in [-0.25, -0.2) is 4.79 Å². The number of phenolic OH excluding ortho intramolecular Hbond substituents is 1. The van der Waals surface area contributed by atoms with Crippen LogP contribution >= 0.6 is 34.7 Å². The molecule has 1 aromatic heterocycles. The Balaban J connectivity index is 1.92. The molecule has 3 aromatic rings. The van der Waals surface area contributed by atoms with E-state index in [0.717, 1.165) is 0 Å². The minimum Gasteiger partial charge on any atom is -0.508 e. The first kappa shape index (κ1) is 17.7. The van der Waals surface area contributed by atoms with Gasteiger partial charge in [0.2, 0.25) is 0 Å². The number of aromatic hydroxyl groups is 1. The first-order valence-electron chi connectivity index (χ1n) is 7.33.